The molecule has 0 spiro atoms. The first-order valence-corrected chi connectivity index (χ1v) is 15.4. The number of rotatable bonds is 5. The highest BCUT2D eigenvalue weighted by Crippen LogP contribution is 2.38. The van der Waals surface area contributed by atoms with Crippen molar-refractivity contribution >= 4 is 24.0 Å². The molecule has 0 radical (unpaired) electrons. The molecular weight excluding hydrogens is 651 g/mol. The fraction of sp³-hybridized carbons (Fsp3) is 0.268. The van der Waals surface area contributed by atoms with Gasteiger partial charge in [0.2, 0.25) is 0 Å². The van der Waals surface area contributed by atoms with Crippen LogP contribution in [0.3, 0.4) is 0 Å². The molecule has 0 fully saturated rings. The molecule has 2 nitrogen and oxygen atoms in total. The third-order valence-electron chi connectivity index (χ3n) is 7.79. The zero-order valence-corrected chi connectivity index (χ0v) is 30.1. The molecule has 0 aliphatic carbocycles. The van der Waals surface area contributed by atoms with Crippen molar-refractivity contribution in [2.24, 2.45) is 0 Å². The summed E-state index contributed by atoms with van der Waals surface area (Å²) < 4.78 is 0. The second-order valence-electron chi connectivity index (χ2n) is 11.5. The number of benzene rings is 5. The van der Waals surface area contributed by atoms with Gasteiger partial charge in [-0.1, -0.05) is 136 Å². The summed E-state index contributed by atoms with van der Waals surface area (Å²) in [6.07, 6.45) is 0. The summed E-state index contributed by atoms with van der Waals surface area (Å²) in [5.74, 6) is 1.37. The summed E-state index contributed by atoms with van der Waals surface area (Å²) in [6.45, 7) is 18.3. The van der Waals surface area contributed by atoms with Crippen LogP contribution in [0, 0.1) is 34.6 Å². The summed E-state index contributed by atoms with van der Waals surface area (Å²) in [7, 11) is 0. The standard InChI is InChI=1S/C24H26O2.C15H16.C2H6.HI/c1-14-6-8-19(9-7-14)22(20-10-15(2)23(25)16(3)11-20)21-12-17(4)24(26)18(5)13-21;1-12(2)13-8-10-15(11-9-13)14-6-4-3-5-7-14;1-2;/h6-13,22,25-26H,1-5H3;3-12H,1-2H3;1-2H3;1H. The Morgan fingerprint density at radius 3 is 1.20 bits per heavy atom. The molecule has 0 amide bonds. The molecule has 0 unspecified atom stereocenters. The van der Waals surface area contributed by atoms with E-state index in [2.05, 4.69) is 118 Å². The van der Waals surface area contributed by atoms with E-state index in [9.17, 15) is 10.2 Å². The van der Waals surface area contributed by atoms with Gasteiger partial charge in [0.05, 0.1) is 0 Å². The van der Waals surface area contributed by atoms with Gasteiger partial charge in [0.15, 0.2) is 0 Å². The van der Waals surface area contributed by atoms with Crippen molar-refractivity contribution < 1.29 is 10.2 Å². The van der Waals surface area contributed by atoms with Crippen molar-refractivity contribution in [2.45, 2.75) is 74.1 Å². The Morgan fingerprint density at radius 1 is 0.455 bits per heavy atom. The SMILES string of the molecule is CC.CC(C)c1ccc(-c2ccccc2)cc1.Cc1ccc(C(c2cc(C)c(O)c(C)c2)c2cc(C)c(O)c(C)c2)cc1.I. The zero-order valence-electron chi connectivity index (χ0n) is 27.8. The van der Waals surface area contributed by atoms with Crippen LogP contribution in [0.4, 0.5) is 0 Å². The zero-order chi connectivity index (χ0) is 31.7. The highest BCUT2D eigenvalue weighted by molar-refractivity contribution is 14.0. The summed E-state index contributed by atoms with van der Waals surface area (Å²) in [4.78, 5) is 0. The molecule has 3 heteroatoms. The smallest absolute Gasteiger partial charge is 0.121 e. The quantitative estimate of drug-likeness (QED) is 0.142. The van der Waals surface area contributed by atoms with Gasteiger partial charge in [-0.05, 0) is 96.2 Å². The largest absolute Gasteiger partial charge is 0.507 e. The Morgan fingerprint density at radius 2 is 0.818 bits per heavy atom. The first-order valence-electron chi connectivity index (χ1n) is 15.4. The number of hydrogen-bond donors (Lipinski definition) is 2. The first-order chi connectivity index (χ1) is 20.5. The van der Waals surface area contributed by atoms with E-state index >= 15 is 0 Å². The van der Waals surface area contributed by atoms with Crippen molar-refractivity contribution in [3.05, 3.63) is 153 Å². The Kier molecular flexibility index (Phi) is 14.2. The lowest BCUT2D eigenvalue weighted by Crippen LogP contribution is -2.05. The number of hydrogen-bond acceptors (Lipinski definition) is 2. The average Bonchev–Trinajstić information content (AvgIpc) is 3.01. The minimum Gasteiger partial charge on any atom is -0.507 e. The van der Waals surface area contributed by atoms with E-state index in [0.717, 1.165) is 33.4 Å². The molecule has 5 aromatic carbocycles. The molecule has 2 N–H and O–H groups in total. The molecule has 0 atom stereocenters. The van der Waals surface area contributed by atoms with E-state index in [1.54, 1.807) is 0 Å². The molecule has 44 heavy (non-hydrogen) atoms. The lowest BCUT2D eigenvalue weighted by Gasteiger charge is -2.22. The van der Waals surface area contributed by atoms with Gasteiger partial charge in [-0.2, -0.15) is 0 Å². The number of phenols is 2. The number of aryl methyl sites for hydroxylation is 5. The van der Waals surface area contributed by atoms with Crippen LogP contribution in [0.2, 0.25) is 0 Å². The Labute approximate surface area is 282 Å². The second kappa shape index (κ2) is 17.1. The molecule has 0 aromatic heterocycles. The van der Waals surface area contributed by atoms with E-state index in [4.69, 9.17) is 0 Å². The van der Waals surface area contributed by atoms with Crippen molar-refractivity contribution in [2.75, 3.05) is 0 Å². The molecule has 0 aliphatic heterocycles. The average molecular weight is 701 g/mol. The Hall–Kier alpha value is -3.57. The van der Waals surface area contributed by atoms with Crippen LogP contribution in [0.5, 0.6) is 11.5 Å². The van der Waals surface area contributed by atoms with E-state index < -0.39 is 0 Å². The summed E-state index contributed by atoms with van der Waals surface area (Å²) in [5.41, 5.74) is 12.2. The molecule has 0 saturated heterocycles. The predicted octanol–water partition coefficient (Wildman–Crippen LogP) is 11.9. The number of aromatic hydroxyl groups is 2. The molecule has 5 rings (SSSR count). The van der Waals surface area contributed by atoms with E-state index in [1.807, 2.05) is 47.6 Å². The van der Waals surface area contributed by atoms with Crippen molar-refractivity contribution in [1.82, 2.24) is 0 Å². The lowest BCUT2D eigenvalue weighted by atomic mass is 9.82. The Balaban J connectivity index is 0.000000320. The minimum absolute atomic E-state index is 0. The van der Waals surface area contributed by atoms with Gasteiger partial charge >= 0.3 is 0 Å². The lowest BCUT2D eigenvalue weighted by molar-refractivity contribution is 0.466. The van der Waals surface area contributed by atoms with Crippen LogP contribution in [0.15, 0.2) is 103 Å². The van der Waals surface area contributed by atoms with Gasteiger partial charge in [0.1, 0.15) is 11.5 Å². The van der Waals surface area contributed by atoms with Crippen LogP contribution < -0.4 is 0 Å². The fourth-order valence-electron chi connectivity index (χ4n) is 5.34. The van der Waals surface area contributed by atoms with Gasteiger partial charge < -0.3 is 10.2 Å². The van der Waals surface area contributed by atoms with Crippen LogP contribution in [0.1, 0.15) is 89.6 Å². The van der Waals surface area contributed by atoms with E-state index in [-0.39, 0.29) is 29.9 Å². The van der Waals surface area contributed by atoms with Crippen LogP contribution in [0.25, 0.3) is 11.1 Å². The van der Waals surface area contributed by atoms with Crippen molar-refractivity contribution in [3.63, 3.8) is 0 Å². The number of halogens is 1. The maximum atomic E-state index is 10.2. The van der Waals surface area contributed by atoms with Gasteiger partial charge in [-0.25, -0.2) is 0 Å². The third-order valence-corrected chi connectivity index (χ3v) is 7.79. The molecule has 0 heterocycles. The normalized spacial score (nSPS) is 10.3. The maximum Gasteiger partial charge on any atom is 0.121 e. The predicted molar refractivity (Wildman–Crippen MR) is 200 cm³/mol. The molecular formula is C41H49IO2. The summed E-state index contributed by atoms with van der Waals surface area (Å²) >= 11 is 0. The fourth-order valence-corrected chi connectivity index (χ4v) is 5.34. The van der Waals surface area contributed by atoms with Crippen LogP contribution in [-0.4, -0.2) is 10.2 Å². The van der Waals surface area contributed by atoms with Gasteiger partial charge in [0.25, 0.3) is 0 Å². The molecule has 0 saturated carbocycles. The first kappa shape index (κ1) is 36.6. The monoisotopic (exact) mass is 700 g/mol. The maximum absolute atomic E-state index is 10.2. The Bertz CT molecular complexity index is 1500. The topological polar surface area (TPSA) is 40.5 Å². The molecule has 232 valence electrons. The highest BCUT2D eigenvalue weighted by Gasteiger charge is 2.20. The summed E-state index contributed by atoms with van der Waals surface area (Å²) in [6, 6.07) is 36.1. The van der Waals surface area contributed by atoms with E-state index in [0.29, 0.717) is 17.4 Å². The number of phenolic OH excluding ortho intramolecular Hbond substituents is 2. The summed E-state index contributed by atoms with van der Waals surface area (Å²) in [5, 5.41) is 20.4. The van der Waals surface area contributed by atoms with Gasteiger partial charge in [0, 0.05) is 5.92 Å². The van der Waals surface area contributed by atoms with Crippen LogP contribution >= 0.6 is 24.0 Å². The second-order valence-corrected chi connectivity index (χ2v) is 11.5. The van der Waals surface area contributed by atoms with Crippen molar-refractivity contribution in [1.29, 1.82) is 0 Å². The molecule has 0 aliphatic rings. The van der Waals surface area contributed by atoms with E-state index in [1.165, 1.54) is 27.8 Å². The third kappa shape index (κ3) is 9.22. The molecule has 0 bridgehead atoms. The van der Waals surface area contributed by atoms with Gasteiger partial charge in [-0.3, -0.25) is 0 Å². The van der Waals surface area contributed by atoms with Crippen LogP contribution in [-0.2, 0) is 0 Å². The molecule has 5 aromatic rings. The van der Waals surface area contributed by atoms with Gasteiger partial charge in [-0.15, -0.1) is 24.0 Å². The van der Waals surface area contributed by atoms with Crippen molar-refractivity contribution in [3.8, 4) is 22.6 Å². The minimum atomic E-state index is 0. The highest BCUT2D eigenvalue weighted by atomic mass is 127.